The van der Waals surface area contributed by atoms with Crippen LogP contribution in [0.25, 0.3) is 0 Å². The van der Waals surface area contributed by atoms with Gasteiger partial charge in [-0.2, -0.15) is 26.3 Å². The van der Waals surface area contributed by atoms with Gasteiger partial charge in [-0.15, -0.1) is 0 Å². The molecule has 0 radical (unpaired) electrons. The molecule has 54 heavy (non-hydrogen) atoms. The smallest absolute Gasteiger partial charge is 0.398 e. The Bertz CT molecular complexity index is 1680. The van der Waals surface area contributed by atoms with Gasteiger partial charge in [-0.1, -0.05) is 18.2 Å². The molecule has 6 aliphatic rings. The van der Waals surface area contributed by atoms with E-state index >= 15 is 0 Å². The molecule has 0 spiro atoms. The molecule has 2 unspecified atom stereocenters. The number of nitrogens with two attached hydrogens (primary N) is 1. The van der Waals surface area contributed by atoms with Crippen molar-refractivity contribution in [3.8, 4) is 0 Å². The SMILES string of the molecule is Nc1c(C(F)(F)F)cc(CC(CC(=O)N2CCC(N3CCc4ccccc4NC3=O)CC2)C(=O)N2CCN(C3CN4CCC3CC4)CC2)cc1C(F)(F)F. The molecule has 10 nitrogen and oxygen atoms in total. The van der Waals surface area contributed by atoms with Crippen molar-refractivity contribution >= 4 is 29.2 Å². The summed E-state index contributed by atoms with van der Waals surface area (Å²) in [5.41, 5.74) is 2.15. The van der Waals surface area contributed by atoms with Crippen molar-refractivity contribution in [2.75, 3.05) is 76.5 Å². The van der Waals surface area contributed by atoms with Crippen molar-refractivity contribution in [2.24, 2.45) is 11.8 Å². The lowest BCUT2D eigenvalue weighted by Gasteiger charge is -2.51. The Balaban J connectivity index is 1.06. The normalized spacial score (nSPS) is 24.9. The van der Waals surface area contributed by atoms with E-state index < -0.39 is 53.3 Å². The number of carbonyl (C=O) groups excluding carboxylic acids is 3. The first-order valence-electron chi connectivity index (χ1n) is 18.9. The lowest BCUT2D eigenvalue weighted by Crippen LogP contribution is -2.61. The maximum absolute atomic E-state index is 14.2. The van der Waals surface area contributed by atoms with Crippen LogP contribution in [0.5, 0.6) is 0 Å². The number of hydrogen-bond donors (Lipinski definition) is 2. The molecule has 0 aromatic heterocycles. The van der Waals surface area contributed by atoms with Crippen LogP contribution in [-0.2, 0) is 34.8 Å². The van der Waals surface area contributed by atoms with E-state index in [0.29, 0.717) is 76.1 Å². The first-order chi connectivity index (χ1) is 25.7. The third-order valence-electron chi connectivity index (χ3n) is 12.2. The highest BCUT2D eigenvalue weighted by Gasteiger charge is 2.43. The molecule has 0 saturated carbocycles. The van der Waals surface area contributed by atoms with Crippen molar-refractivity contribution in [1.82, 2.24) is 24.5 Å². The highest BCUT2D eigenvalue weighted by molar-refractivity contribution is 5.91. The number of anilines is 2. The highest BCUT2D eigenvalue weighted by Crippen LogP contribution is 2.42. The van der Waals surface area contributed by atoms with Gasteiger partial charge in [-0.3, -0.25) is 14.5 Å². The van der Waals surface area contributed by atoms with E-state index in [9.17, 15) is 40.7 Å². The Labute approximate surface area is 310 Å². The number of nitrogen functional groups attached to an aromatic ring is 1. The molecule has 2 bridgehead atoms. The predicted octanol–water partition coefficient (Wildman–Crippen LogP) is 5.17. The Kier molecular flexibility index (Phi) is 10.8. The van der Waals surface area contributed by atoms with Crippen LogP contribution in [0.1, 0.15) is 54.4 Å². The average Bonchev–Trinajstić information content (AvgIpc) is 3.32. The van der Waals surface area contributed by atoms with Crippen molar-refractivity contribution < 1.29 is 40.7 Å². The third kappa shape index (κ3) is 8.14. The number of amides is 4. The molecule has 294 valence electrons. The van der Waals surface area contributed by atoms with Crippen molar-refractivity contribution in [3.63, 3.8) is 0 Å². The quantitative estimate of drug-likeness (QED) is 0.298. The number of carbonyl (C=O) groups is 3. The summed E-state index contributed by atoms with van der Waals surface area (Å²) in [6.45, 7) is 6.14. The fraction of sp³-hybridized carbons (Fsp3) is 0.605. The van der Waals surface area contributed by atoms with Gasteiger partial charge < -0.3 is 30.7 Å². The molecule has 3 N–H and O–H groups in total. The molecule has 2 aromatic carbocycles. The van der Waals surface area contributed by atoms with E-state index in [4.69, 9.17) is 5.73 Å². The van der Waals surface area contributed by atoms with E-state index in [1.54, 1.807) is 14.7 Å². The van der Waals surface area contributed by atoms with Gasteiger partial charge in [-0.25, -0.2) is 4.79 Å². The summed E-state index contributed by atoms with van der Waals surface area (Å²) in [5.74, 6) is -1.48. The first kappa shape index (κ1) is 38.2. The summed E-state index contributed by atoms with van der Waals surface area (Å²) >= 11 is 0. The number of hydrogen-bond acceptors (Lipinski definition) is 6. The lowest BCUT2D eigenvalue weighted by molar-refractivity contribution is -0.144. The van der Waals surface area contributed by atoms with Crippen LogP contribution in [0.3, 0.4) is 0 Å². The van der Waals surface area contributed by atoms with Crippen LogP contribution < -0.4 is 11.1 Å². The summed E-state index contributed by atoms with van der Waals surface area (Å²) in [6, 6.07) is 8.76. The zero-order valence-electron chi connectivity index (χ0n) is 30.1. The number of fused-ring (bicyclic) bond motifs is 4. The maximum atomic E-state index is 14.2. The largest absolute Gasteiger partial charge is 0.418 e. The Morgan fingerprint density at radius 2 is 1.44 bits per heavy atom. The number of urea groups is 1. The molecule has 2 atom stereocenters. The number of alkyl halides is 6. The van der Waals surface area contributed by atoms with Gasteiger partial charge in [0.25, 0.3) is 0 Å². The van der Waals surface area contributed by atoms with E-state index in [2.05, 4.69) is 15.1 Å². The summed E-state index contributed by atoms with van der Waals surface area (Å²) < 4.78 is 83.7. The van der Waals surface area contributed by atoms with Crippen LogP contribution >= 0.6 is 0 Å². The number of piperazine rings is 1. The fourth-order valence-corrected chi connectivity index (χ4v) is 9.22. The summed E-state index contributed by atoms with van der Waals surface area (Å²) in [6.07, 6.45) is -7.31. The summed E-state index contributed by atoms with van der Waals surface area (Å²) in [7, 11) is 0. The molecule has 4 amide bonds. The minimum absolute atomic E-state index is 0.135. The minimum Gasteiger partial charge on any atom is -0.398 e. The molecule has 16 heteroatoms. The molecule has 2 aromatic rings. The van der Waals surface area contributed by atoms with E-state index in [0.717, 1.165) is 43.7 Å². The number of likely N-dealkylation sites (tertiary alicyclic amines) is 1. The lowest BCUT2D eigenvalue weighted by atomic mass is 9.83. The van der Waals surface area contributed by atoms with E-state index in [1.165, 1.54) is 0 Å². The van der Waals surface area contributed by atoms with Gasteiger partial charge >= 0.3 is 18.4 Å². The summed E-state index contributed by atoms with van der Waals surface area (Å²) in [4.78, 5) is 50.9. The van der Waals surface area contributed by atoms with Crippen LogP contribution in [0.4, 0.5) is 42.5 Å². The van der Waals surface area contributed by atoms with Crippen molar-refractivity contribution in [1.29, 1.82) is 0 Å². The molecule has 6 aliphatic heterocycles. The van der Waals surface area contributed by atoms with Crippen molar-refractivity contribution in [2.45, 2.75) is 69.4 Å². The second kappa shape index (κ2) is 15.2. The fourth-order valence-electron chi connectivity index (χ4n) is 9.22. The zero-order chi connectivity index (χ0) is 38.4. The molecule has 6 heterocycles. The van der Waals surface area contributed by atoms with Gasteiger partial charge in [0, 0.05) is 76.5 Å². The molecular weight excluding hydrogens is 716 g/mol. The standard InChI is InChI=1S/C38H47F6N7O3/c39-37(40,41)29-20-24(21-30(34(29)45)38(42,43)44)19-27(35(53)50-17-15-48(16-18-50)32-23-47-10-5-26(32)6-11-47)22-33(52)49-12-8-28(9-13-49)51-14-7-25-3-1-2-4-31(25)46-36(51)54/h1-4,20-21,26-28,32H,5-19,22-23,45H2,(H,46,54). The molecule has 5 fully saturated rings. The maximum Gasteiger partial charge on any atom is 0.418 e. The van der Waals surface area contributed by atoms with Crippen LogP contribution in [-0.4, -0.2) is 120 Å². The van der Waals surface area contributed by atoms with E-state index in [-0.39, 0.29) is 37.1 Å². The molecule has 8 rings (SSSR count). The Morgan fingerprint density at radius 3 is 2.04 bits per heavy atom. The topological polar surface area (TPSA) is 105 Å². The monoisotopic (exact) mass is 763 g/mol. The zero-order valence-corrected chi connectivity index (χ0v) is 30.1. The second-order valence-electron chi connectivity index (χ2n) is 15.4. The number of rotatable bonds is 7. The van der Waals surface area contributed by atoms with Gasteiger partial charge in [-0.05, 0) is 86.9 Å². The number of nitrogens with one attached hydrogen (secondary N) is 1. The van der Waals surface area contributed by atoms with Crippen LogP contribution in [0.2, 0.25) is 0 Å². The van der Waals surface area contributed by atoms with Crippen molar-refractivity contribution in [3.05, 3.63) is 58.7 Å². The Hall–Kier alpha value is -4.05. The van der Waals surface area contributed by atoms with Crippen LogP contribution in [0.15, 0.2) is 36.4 Å². The second-order valence-corrected chi connectivity index (χ2v) is 15.4. The number of halogens is 6. The van der Waals surface area contributed by atoms with Gasteiger partial charge in [0.1, 0.15) is 0 Å². The molecular formula is C38H47F6N7O3. The average molecular weight is 764 g/mol. The number of benzene rings is 2. The number of nitrogens with zero attached hydrogens (tertiary/aromatic N) is 5. The third-order valence-corrected chi connectivity index (χ3v) is 12.2. The number of piperidine rings is 4. The van der Waals surface area contributed by atoms with Crippen LogP contribution in [0, 0.1) is 11.8 Å². The van der Waals surface area contributed by atoms with Gasteiger partial charge in [0.15, 0.2) is 0 Å². The summed E-state index contributed by atoms with van der Waals surface area (Å²) in [5, 5.41) is 2.97. The van der Waals surface area contributed by atoms with Gasteiger partial charge in [0.2, 0.25) is 11.8 Å². The Morgan fingerprint density at radius 1 is 0.815 bits per heavy atom. The predicted molar refractivity (Wildman–Crippen MR) is 189 cm³/mol. The highest BCUT2D eigenvalue weighted by atomic mass is 19.4. The first-order valence-corrected chi connectivity index (χ1v) is 18.9. The molecule has 0 aliphatic carbocycles. The number of para-hydroxylation sites is 1. The van der Waals surface area contributed by atoms with E-state index in [1.807, 2.05) is 24.3 Å². The van der Waals surface area contributed by atoms with Gasteiger partial charge in [0.05, 0.1) is 22.7 Å². The minimum atomic E-state index is -5.17. The molecule has 5 saturated heterocycles.